The zero-order valence-electron chi connectivity index (χ0n) is 19.3. The van der Waals surface area contributed by atoms with Gasteiger partial charge in [0.1, 0.15) is 18.2 Å². The van der Waals surface area contributed by atoms with E-state index in [1.54, 1.807) is 7.05 Å². The van der Waals surface area contributed by atoms with Crippen molar-refractivity contribution in [3.05, 3.63) is 81.9 Å². The summed E-state index contributed by atoms with van der Waals surface area (Å²) in [7, 11) is 3.19. The minimum Gasteiger partial charge on any atom is -0.488 e. The van der Waals surface area contributed by atoms with Gasteiger partial charge < -0.3 is 25.2 Å². The van der Waals surface area contributed by atoms with Gasteiger partial charge in [0.15, 0.2) is 17.2 Å². The Kier molecular flexibility index (Phi) is 7.25. The summed E-state index contributed by atoms with van der Waals surface area (Å²) in [6.45, 7) is -0.110. The molecule has 0 saturated heterocycles. The molecule has 4 rings (SSSR count). The molecule has 1 unspecified atom stereocenters. The van der Waals surface area contributed by atoms with Crippen LogP contribution in [0.2, 0.25) is 5.02 Å². The van der Waals surface area contributed by atoms with Crippen LogP contribution in [0, 0.1) is 11.6 Å². The molecular weight excluding hydrogens is 478 g/mol. The molecule has 6 nitrogen and oxygen atoms in total. The third kappa shape index (κ3) is 4.45. The van der Waals surface area contributed by atoms with E-state index in [-0.39, 0.29) is 52.8 Å². The summed E-state index contributed by atoms with van der Waals surface area (Å²) in [5.41, 5.74) is 0.207. The summed E-state index contributed by atoms with van der Waals surface area (Å²) < 4.78 is 42.6. The van der Waals surface area contributed by atoms with Crippen molar-refractivity contribution in [2.45, 2.75) is 12.0 Å². The van der Waals surface area contributed by atoms with Gasteiger partial charge in [-0.1, -0.05) is 41.9 Å². The Morgan fingerprint density at radius 1 is 1.17 bits per heavy atom. The highest BCUT2D eigenvalue weighted by Crippen LogP contribution is 2.50. The quantitative estimate of drug-likeness (QED) is 0.433. The molecule has 3 aromatic carbocycles. The standard InChI is InChI=1S/C26H25ClF2N2O4/c1-30-14-26(15-6-4-3-5-7-15)13-17-20(35-26)12-18(28)23(27)21(17)22-16(25(33)31-2)8-9-19(24(22)29)34-11-10-32/h3-9,12,30,32H,10-11,13-14H2,1-2H3,(H,31,33). The molecule has 0 bridgehead atoms. The zero-order valence-corrected chi connectivity index (χ0v) is 20.0. The minimum atomic E-state index is -0.904. The number of benzene rings is 3. The average molecular weight is 503 g/mol. The second-order valence-corrected chi connectivity index (χ2v) is 8.52. The van der Waals surface area contributed by atoms with E-state index in [2.05, 4.69) is 10.6 Å². The van der Waals surface area contributed by atoms with Crippen LogP contribution in [0.15, 0.2) is 48.5 Å². The Morgan fingerprint density at radius 2 is 1.91 bits per heavy atom. The van der Waals surface area contributed by atoms with Gasteiger partial charge in [-0.25, -0.2) is 8.78 Å². The number of carbonyl (C=O) groups is 1. The molecule has 1 aliphatic rings. The van der Waals surface area contributed by atoms with E-state index in [1.807, 2.05) is 30.3 Å². The van der Waals surface area contributed by atoms with Crippen molar-refractivity contribution in [2.75, 3.05) is 33.9 Å². The minimum absolute atomic E-state index is 0.0288. The first kappa shape index (κ1) is 24.9. The number of ether oxygens (including phenoxy) is 2. The summed E-state index contributed by atoms with van der Waals surface area (Å²) >= 11 is 6.45. The lowest BCUT2D eigenvalue weighted by molar-refractivity contribution is 0.0940. The van der Waals surface area contributed by atoms with E-state index < -0.39 is 23.1 Å². The molecule has 3 N–H and O–H groups in total. The van der Waals surface area contributed by atoms with Crippen molar-refractivity contribution in [2.24, 2.45) is 0 Å². The molecular formula is C26H25ClF2N2O4. The van der Waals surface area contributed by atoms with E-state index in [0.29, 0.717) is 12.1 Å². The summed E-state index contributed by atoms with van der Waals surface area (Å²) in [5, 5.41) is 14.4. The third-order valence-corrected chi connectivity index (χ3v) is 6.36. The largest absolute Gasteiger partial charge is 0.488 e. The normalized spacial score (nSPS) is 16.5. The molecule has 1 aliphatic heterocycles. The van der Waals surface area contributed by atoms with E-state index in [1.165, 1.54) is 25.2 Å². The van der Waals surface area contributed by atoms with Gasteiger partial charge in [-0.05, 0) is 24.7 Å². The first-order valence-electron chi connectivity index (χ1n) is 11.1. The summed E-state index contributed by atoms with van der Waals surface area (Å²) in [5.74, 6) is -2.26. The molecule has 1 amide bonds. The van der Waals surface area contributed by atoms with Crippen LogP contribution in [0.3, 0.4) is 0 Å². The maximum Gasteiger partial charge on any atom is 0.251 e. The third-order valence-electron chi connectivity index (χ3n) is 5.99. The SMILES string of the molecule is CNCC1(c2ccccc2)Cc2c(cc(F)c(Cl)c2-c2c(C(=O)NC)ccc(OCCO)c2F)O1. The van der Waals surface area contributed by atoms with Crippen molar-refractivity contribution in [1.82, 2.24) is 10.6 Å². The van der Waals surface area contributed by atoms with Crippen LogP contribution in [-0.2, 0) is 12.0 Å². The lowest BCUT2D eigenvalue weighted by Crippen LogP contribution is -2.41. The van der Waals surface area contributed by atoms with Crippen LogP contribution < -0.4 is 20.1 Å². The number of amides is 1. The fourth-order valence-electron chi connectivity index (χ4n) is 4.48. The molecule has 0 aliphatic carbocycles. The maximum absolute atomic E-state index is 15.9. The average Bonchev–Trinajstić information content (AvgIpc) is 3.23. The second kappa shape index (κ2) is 10.2. The van der Waals surface area contributed by atoms with Gasteiger partial charge in [-0.3, -0.25) is 4.79 Å². The Bertz CT molecular complexity index is 1260. The summed E-state index contributed by atoms with van der Waals surface area (Å²) in [6.07, 6.45) is 0.247. The smallest absolute Gasteiger partial charge is 0.251 e. The molecule has 0 aromatic heterocycles. The number of hydrogen-bond donors (Lipinski definition) is 3. The van der Waals surface area contributed by atoms with Crippen molar-refractivity contribution >= 4 is 17.5 Å². The number of likely N-dealkylation sites (N-methyl/N-ethyl adjacent to an activating group) is 1. The van der Waals surface area contributed by atoms with Gasteiger partial charge >= 0.3 is 0 Å². The Labute approximate surface area is 206 Å². The number of hydrogen-bond acceptors (Lipinski definition) is 5. The lowest BCUT2D eigenvalue weighted by Gasteiger charge is -2.29. The highest BCUT2D eigenvalue weighted by atomic mass is 35.5. The topological polar surface area (TPSA) is 79.8 Å². The second-order valence-electron chi connectivity index (χ2n) is 8.14. The molecule has 184 valence electrons. The molecule has 0 saturated carbocycles. The lowest BCUT2D eigenvalue weighted by atomic mass is 9.85. The van der Waals surface area contributed by atoms with Gasteiger partial charge in [0.2, 0.25) is 0 Å². The Hall–Kier alpha value is -3.20. The van der Waals surface area contributed by atoms with Crippen LogP contribution in [-0.4, -0.2) is 44.9 Å². The number of nitrogens with one attached hydrogen (secondary N) is 2. The van der Waals surface area contributed by atoms with E-state index in [9.17, 15) is 4.79 Å². The number of carbonyl (C=O) groups excluding carboxylic acids is 1. The van der Waals surface area contributed by atoms with Gasteiger partial charge in [-0.15, -0.1) is 0 Å². The van der Waals surface area contributed by atoms with Crippen molar-refractivity contribution < 1.29 is 28.2 Å². The van der Waals surface area contributed by atoms with Crippen LogP contribution in [0.4, 0.5) is 8.78 Å². The summed E-state index contributed by atoms with van der Waals surface area (Å²) in [6, 6.07) is 13.3. The van der Waals surface area contributed by atoms with Crippen molar-refractivity contribution in [3.63, 3.8) is 0 Å². The van der Waals surface area contributed by atoms with E-state index in [0.717, 1.165) is 5.56 Å². The molecule has 0 fully saturated rings. The first-order chi connectivity index (χ1) is 16.9. The molecule has 0 spiro atoms. The van der Waals surface area contributed by atoms with Crippen LogP contribution in [0.25, 0.3) is 11.1 Å². The zero-order chi connectivity index (χ0) is 25.2. The monoisotopic (exact) mass is 502 g/mol. The highest BCUT2D eigenvalue weighted by molar-refractivity contribution is 6.34. The molecule has 9 heteroatoms. The number of halogens is 3. The maximum atomic E-state index is 15.9. The van der Waals surface area contributed by atoms with Crippen molar-refractivity contribution in [3.8, 4) is 22.6 Å². The molecule has 1 atom stereocenters. The molecule has 35 heavy (non-hydrogen) atoms. The van der Waals surface area contributed by atoms with Gasteiger partial charge in [-0.2, -0.15) is 0 Å². The fourth-order valence-corrected chi connectivity index (χ4v) is 4.74. The first-order valence-corrected chi connectivity index (χ1v) is 11.4. The number of aliphatic hydroxyl groups excluding tert-OH is 1. The fraction of sp³-hybridized carbons (Fsp3) is 0.269. The highest BCUT2D eigenvalue weighted by Gasteiger charge is 2.43. The molecule has 1 heterocycles. The van der Waals surface area contributed by atoms with Gasteiger partial charge in [0.05, 0.1) is 17.2 Å². The number of aliphatic hydroxyl groups is 1. The van der Waals surface area contributed by atoms with Crippen LogP contribution in [0.1, 0.15) is 21.5 Å². The summed E-state index contributed by atoms with van der Waals surface area (Å²) in [4.78, 5) is 12.7. The number of fused-ring (bicyclic) bond motifs is 1. The Morgan fingerprint density at radius 3 is 2.57 bits per heavy atom. The molecule has 3 aromatic rings. The predicted octanol–water partition coefficient (Wildman–Crippen LogP) is 4.07. The van der Waals surface area contributed by atoms with Gasteiger partial charge in [0, 0.05) is 42.8 Å². The number of rotatable bonds is 8. The van der Waals surface area contributed by atoms with E-state index >= 15 is 8.78 Å². The van der Waals surface area contributed by atoms with Gasteiger partial charge in [0.25, 0.3) is 5.91 Å². The predicted molar refractivity (Wildman–Crippen MR) is 129 cm³/mol. The van der Waals surface area contributed by atoms with Crippen LogP contribution in [0.5, 0.6) is 11.5 Å². The van der Waals surface area contributed by atoms with Crippen LogP contribution >= 0.6 is 11.6 Å². The van der Waals surface area contributed by atoms with Crippen molar-refractivity contribution in [1.29, 1.82) is 0 Å². The molecule has 0 radical (unpaired) electrons. The Balaban J connectivity index is 1.98. The van der Waals surface area contributed by atoms with E-state index in [4.69, 9.17) is 26.2 Å².